The molecule has 1 aromatic carbocycles. The molecular weight excluding hydrogens is 447 g/mol. The predicted octanol–water partition coefficient (Wildman–Crippen LogP) is 2.91. The SMILES string of the molecule is CN=C(NCCC(=O)OC(C)C)NCc1ccccc1OC(F)F.I. The summed E-state index contributed by atoms with van der Waals surface area (Å²) in [6.45, 7) is 1.28. The van der Waals surface area contributed by atoms with Crippen LogP contribution >= 0.6 is 24.0 Å². The molecule has 0 radical (unpaired) electrons. The number of halogens is 3. The predicted molar refractivity (Wildman–Crippen MR) is 103 cm³/mol. The highest BCUT2D eigenvalue weighted by Gasteiger charge is 2.10. The monoisotopic (exact) mass is 471 g/mol. The van der Waals surface area contributed by atoms with E-state index in [-0.39, 0.29) is 54.8 Å². The molecule has 0 unspecified atom stereocenters. The van der Waals surface area contributed by atoms with Crippen LogP contribution in [0, 0.1) is 0 Å². The first-order valence-corrected chi connectivity index (χ1v) is 7.59. The first kappa shape index (κ1) is 23.4. The summed E-state index contributed by atoms with van der Waals surface area (Å²) >= 11 is 0. The average Bonchev–Trinajstić information content (AvgIpc) is 2.50. The zero-order valence-corrected chi connectivity index (χ0v) is 16.8. The molecule has 0 amide bonds. The summed E-state index contributed by atoms with van der Waals surface area (Å²) in [5.41, 5.74) is 0.569. The summed E-state index contributed by atoms with van der Waals surface area (Å²) in [5, 5.41) is 5.93. The Morgan fingerprint density at radius 2 is 1.92 bits per heavy atom. The van der Waals surface area contributed by atoms with Gasteiger partial charge in [-0.2, -0.15) is 8.78 Å². The fraction of sp³-hybridized carbons (Fsp3) is 0.500. The summed E-state index contributed by atoms with van der Waals surface area (Å²) in [5.74, 6) is 0.249. The van der Waals surface area contributed by atoms with Gasteiger partial charge >= 0.3 is 12.6 Å². The van der Waals surface area contributed by atoms with Gasteiger partial charge in [0.2, 0.25) is 0 Å². The molecule has 0 bridgehead atoms. The van der Waals surface area contributed by atoms with E-state index in [0.29, 0.717) is 18.1 Å². The maximum absolute atomic E-state index is 12.4. The molecule has 0 aromatic heterocycles. The lowest BCUT2D eigenvalue weighted by molar-refractivity contribution is -0.147. The van der Waals surface area contributed by atoms with Crippen LogP contribution in [0.2, 0.25) is 0 Å². The molecule has 0 saturated heterocycles. The van der Waals surface area contributed by atoms with Gasteiger partial charge in [0.15, 0.2) is 5.96 Å². The third-order valence-electron chi connectivity index (χ3n) is 2.85. The van der Waals surface area contributed by atoms with Crippen molar-refractivity contribution in [2.45, 2.75) is 39.5 Å². The number of esters is 1. The number of rotatable bonds is 8. The molecule has 0 aliphatic heterocycles. The molecule has 0 aliphatic rings. The maximum Gasteiger partial charge on any atom is 0.387 e. The second kappa shape index (κ2) is 12.7. The molecule has 0 aliphatic carbocycles. The van der Waals surface area contributed by atoms with Crippen LogP contribution in [-0.2, 0) is 16.1 Å². The van der Waals surface area contributed by atoms with Gasteiger partial charge in [0.05, 0.1) is 12.5 Å². The minimum absolute atomic E-state index is 0. The highest BCUT2D eigenvalue weighted by atomic mass is 127. The fourth-order valence-electron chi connectivity index (χ4n) is 1.87. The molecule has 0 saturated carbocycles. The minimum Gasteiger partial charge on any atom is -0.463 e. The lowest BCUT2D eigenvalue weighted by Gasteiger charge is -2.14. The third-order valence-corrected chi connectivity index (χ3v) is 2.85. The molecule has 2 N–H and O–H groups in total. The maximum atomic E-state index is 12.4. The summed E-state index contributed by atoms with van der Waals surface area (Å²) in [6, 6.07) is 6.50. The van der Waals surface area contributed by atoms with Crippen molar-refractivity contribution in [1.29, 1.82) is 0 Å². The van der Waals surface area contributed by atoms with Gasteiger partial charge in [-0.3, -0.25) is 9.79 Å². The van der Waals surface area contributed by atoms with E-state index in [0.717, 1.165) is 0 Å². The van der Waals surface area contributed by atoms with Gasteiger partial charge in [-0.05, 0) is 19.9 Å². The van der Waals surface area contributed by atoms with Gasteiger partial charge in [0.1, 0.15) is 5.75 Å². The number of guanidine groups is 1. The fourth-order valence-corrected chi connectivity index (χ4v) is 1.87. The number of ether oxygens (including phenoxy) is 2. The van der Waals surface area contributed by atoms with Gasteiger partial charge in [-0.15, -0.1) is 24.0 Å². The van der Waals surface area contributed by atoms with Gasteiger partial charge in [-0.1, -0.05) is 18.2 Å². The number of aliphatic imine (C=N–C) groups is 1. The number of alkyl halides is 2. The Morgan fingerprint density at radius 3 is 2.52 bits per heavy atom. The van der Waals surface area contributed by atoms with Crippen LogP contribution in [0.15, 0.2) is 29.3 Å². The van der Waals surface area contributed by atoms with Crippen LogP contribution in [0.4, 0.5) is 8.78 Å². The van der Waals surface area contributed by atoms with E-state index in [2.05, 4.69) is 20.4 Å². The number of nitrogens with one attached hydrogen (secondary N) is 2. The van der Waals surface area contributed by atoms with Crippen LogP contribution in [0.5, 0.6) is 5.75 Å². The van der Waals surface area contributed by atoms with E-state index in [4.69, 9.17) is 4.74 Å². The van der Waals surface area contributed by atoms with Crippen molar-refractivity contribution in [3.05, 3.63) is 29.8 Å². The zero-order valence-electron chi connectivity index (χ0n) is 14.4. The van der Waals surface area contributed by atoms with Crippen molar-refractivity contribution >= 4 is 35.9 Å². The zero-order chi connectivity index (χ0) is 17.9. The van der Waals surface area contributed by atoms with Crippen LogP contribution in [0.25, 0.3) is 0 Å². The summed E-state index contributed by atoms with van der Waals surface area (Å²) in [4.78, 5) is 15.4. The van der Waals surface area contributed by atoms with Gasteiger partial charge < -0.3 is 20.1 Å². The molecule has 6 nitrogen and oxygen atoms in total. The van der Waals surface area contributed by atoms with E-state index in [1.807, 2.05) is 0 Å². The molecule has 0 fully saturated rings. The number of hydrogen-bond donors (Lipinski definition) is 2. The molecule has 9 heteroatoms. The smallest absolute Gasteiger partial charge is 0.387 e. The average molecular weight is 471 g/mol. The number of benzene rings is 1. The molecule has 0 atom stereocenters. The third kappa shape index (κ3) is 10.0. The Morgan fingerprint density at radius 1 is 1.24 bits per heavy atom. The van der Waals surface area contributed by atoms with Crippen LogP contribution in [-0.4, -0.2) is 38.2 Å². The van der Waals surface area contributed by atoms with Crippen molar-refractivity contribution < 1.29 is 23.0 Å². The van der Waals surface area contributed by atoms with E-state index in [1.165, 1.54) is 6.07 Å². The lowest BCUT2D eigenvalue weighted by Crippen LogP contribution is -2.38. The molecule has 1 aromatic rings. The van der Waals surface area contributed by atoms with E-state index in [1.54, 1.807) is 39.1 Å². The number of carbonyl (C=O) groups excluding carboxylic acids is 1. The Balaban J connectivity index is 0.00000576. The first-order valence-electron chi connectivity index (χ1n) is 7.59. The highest BCUT2D eigenvalue weighted by Crippen LogP contribution is 2.19. The summed E-state index contributed by atoms with van der Waals surface area (Å²) < 4.78 is 34.2. The summed E-state index contributed by atoms with van der Waals surface area (Å²) in [6.07, 6.45) is 0.0468. The first-order chi connectivity index (χ1) is 11.4. The normalized spacial score (nSPS) is 11.1. The topological polar surface area (TPSA) is 72.0 Å². The molecule has 0 spiro atoms. The standard InChI is InChI=1S/C16H23F2N3O3.HI/c1-11(2)23-14(22)8-9-20-16(19-3)21-10-12-6-4-5-7-13(12)24-15(17)18;/h4-7,11,15H,8-10H2,1-3H3,(H2,19,20,21);1H. The van der Waals surface area contributed by atoms with E-state index < -0.39 is 6.61 Å². The van der Waals surface area contributed by atoms with Crippen LogP contribution in [0.3, 0.4) is 0 Å². The Labute approximate surface area is 163 Å². The van der Waals surface area contributed by atoms with Gasteiger partial charge in [0.25, 0.3) is 0 Å². The molecule has 25 heavy (non-hydrogen) atoms. The number of para-hydroxylation sites is 1. The number of carbonyl (C=O) groups is 1. The van der Waals surface area contributed by atoms with Crippen molar-refractivity contribution in [3.8, 4) is 5.75 Å². The Kier molecular flexibility index (Phi) is 11.8. The van der Waals surface area contributed by atoms with Crippen LogP contribution in [0.1, 0.15) is 25.8 Å². The van der Waals surface area contributed by atoms with Crippen LogP contribution < -0.4 is 15.4 Å². The number of nitrogens with zero attached hydrogens (tertiary/aromatic N) is 1. The molecule has 142 valence electrons. The largest absolute Gasteiger partial charge is 0.463 e. The van der Waals surface area contributed by atoms with Crippen molar-refractivity contribution in [2.75, 3.05) is 13.6 Å². The lowest BCUT2D eigenvalue weighted by atomic mass is 10.2. The summed E-state index contributed by atoms with van der Waals surface area (Å²) in [7, 11) is 1.57. The highest BCUT2D eigenvalue weighted by molar-refractivity contribution is 14.0. The van der Waals surface area contributed by atoms with Crippen molar-refractivity contribution in [3.63, 3.8) is 0 Å². The molecule has 1 rings (SSSR count). The second-order valence-electron chi connectivity index (χ2n) is 5.13. The Bertz CT molecular complexity index is 557. The quantitative estimate of drug-likeness (QED) is 0.264. The van der Waals surface area contributed by atoms with E-state index in [9.17, 15) is 13.6 Å². The van der Waals surface area contributed by atoms with Crippen molar-refractivity contribution in [1.82, 2.24) is 10.6 Å². The number of hydrogen-bond acceptors (Lipinski definition) is 4. The second-order valence-corrected chi connectivity index (χ2v) is 5.13. The van der Waals surface area contributed by atoms with Crippen molar-refractivity contribution in [2.24, 2.45) is 4.99 Å². The van der Waals surface area contributed by atoms with E-state index >= 15 is 0 Å². The van der Waals surface area contributed by atoms with Gasteiger partial charge in [-0.25, -0.2) is 0 Å². The molecular formula is C16H24F2IN3O3. The Hall–Kier alpha value is -1.65. The minimum atomic E-state index is -2.88. The molecule has 0 heterocycles. The van der Waals surface area contributed by atoms with Gasteiger partial charge in [0, 0.05) is 25.7 Å².